The third-order valence-corrected chi connectivity index (χ3v) is 10.1. The summed E-state index contributed by atoms with van der Waals surface area (Å²) < 4.78 is 1.93. The van der Waals surface area contributed by atoms with Gasteiger partial charge in [0.2, 0.25) is 0 Å². The van der Waals surface area contributed by atoms with Gasteiger partial charge in [-0.25, -0.2) is 4.98 Å². The molecule has 0 saturated carbocycles. The lowest BCUT2D eigenvalue weighted by molar-refractivity contribution is 1.12. The van der Waals surface area contributed by atoms with Crippen molar-refractivity contribution in [1.82, 2.24) is 9.55 Å². The first-order valence-corrected chi connectivity index (χ1v) is 17.1. The molecule has 7 heteroatoms. The molecule has 0 saturated heterocycles. The first-order valence-electron chi connectivity index (χ1n) is 17.1. The van der Waals surface area contributed by atoms with Crippen LogP contribution in [0.4, 0.5) is 0 Å². The van der Waals surface area contributed by atoms with Crippen molar-refractivity contribution in [3.63, 3.8) is 0 Å². The molecule has 0 atom stereocenters. The predicted octanol–water partition coefficient (Wildman–Crippen LogP) is 5.97. The van der Waals surface area contributed by atoms with Crippen LogP contribution in [0.2, 0.25) is 0 Å². The van der Waals surface area contributed by atoms with Crippen molar-refractivity contribution in [2.45, 2.75) is 0 Å². The molecular formula is C45H25B5N2. The Balaban J connectivity index is 1.29. The topological polar surface area (TPSA) is 17.8 Å². The number of fused-ring (bicyclic) bond motifs is 3. The molecule has 9 rings (SSSR count). The largest absolute Gasteiger partial charge is 0.294 e. The molecule has 0 aliphatic heterocycles. The van der Waals surface area contributed by atoms with Crippen LogP contribution in [0.25, 0.3) is 83.0 Å². The number of aromatic nitrogens is 2. The minimum atomic E-state index is 0.167. The fraction of sp³-hybridized carbons (Fsp3) is 0. The van der Waals surface area contributed by atoms with Crippen LogP contribution in [0.15, 0.2) is 152 Å². The fourth-order valence-electron chi connectivity index (χ4n) is 7.57. The van der Waals surface area contributed by atoms with E-state index < -0.39 is 0 Å². The lowest BCUT2D eigenvalue weighted by Crippen LogP contribution is -2.56. The molecule has 0 spiro atoms. The smallest absolute Gasteiger partial charge is 0.145 e. The van der Waals surface area contributed by atoms with Crippen LogP contribution >= 0.6 is 0 Å². The number of benzene rings is 8. The molecule has 8 aromatic carbocycles. The Morgan fingerprint density at radius 1 is 0.365 bits per heavy atom. The van der Waals surface area contributed by atoms with E-state index in [4.69, 9.17) is 44.2 Å². The van der Waals surface area contributed by atoms with Gasteiger partial charge in [-0.3, -0.25) is 4.57 Å². The molecule has 9 aromatic rings. The summed E-state index contributed by atoms with van der Waals surface area (Å²) in [5.74, 6) is 0.646. The Bertz CT molecular complexity index is 2770. The van der Waals surface area contributed by atoms with Gasteiger partial charge in [0.25, 0.3) is 0 Å². The highest BCUT2D eigenvalue weighted by Crippen LogP contribution is 2.44. The Hall–Kier alpha value is -5.93. The quantitative estimate of drug-likeness (QED) is 0.166. The third-order valence-electron chi connectivity index (χ3n) is 10.1. The minimum Gasteiger partial charge on any atom is -0.294 e. The average molecular weight is 648 g/mol. The molecule has 10 radical (unpaired) electrons. The highest BCUT2D eigenvalue weighted by atomic mass is 15.1. The number of para-hydroxylation sites is 2. The Kier molecular flexibility index (Phi) is 7.81. The van der Waals surface area contributed by atoms with Crippen molar-refractivity contribution in [2.24, 2.45) is 0 Å². The van der Waals surface area contributed by atoms with Gasteiger partial charge in [-0.15, -0.1) is 16.4 Å². The Morgan fingerprint density at radius 3 is 1.37 bits per heavy atom. The molecule has 0 N–H and O–H groups in total. The van der Waals surface area contributed by atoms with Crippen molar-refractivity contribution in [2.75, 3.05) is 0 Å². The van der Waals surface area contributed by atoms with E-state index in [2.05, 4.69) is 115 Å². The average Bonchev–Trinajstić information content (AvgIpc) is 3.58. The number of hydrogen-bond donors (Lipinski definition) is 0. The van der Waals surface area contributed by atoms with Crippen molar-refractivity contribution >= 4 is 99.1 Å². The van der Waals surface area contributed by atoms with E-state index in [1.54, 1.807) is 0 Å². The van der Waals surface area contributed by atoms with E-state index in [0.29, 0.717) is 11.5 Å². The fourth-order valence-corrected chi connectivity index (χ4v) is 7.57. The van der Waals surface area contributed by atoms with Crippen molar-refractivity contribution in [1.29, 1.82) is 0 Å². The van der Waals surface area contributed by atoms with E-state index in [9.17, 15) is 0 Å². The molecule has 2 nitrogen and oxygen atoms in total. The first-order chi connectivity index (χ1) is 25.4. The van der Waals surface area contributed by atoms with Gasteiger partial charge in [0.05, 0.1) is 11.0 Å². The zero-order valence-corrected chi connectivity index (χ0v) is 28.2. The second-order valence-corrected chi connectivity index (χ2v) is 13.0. The minimum absolute atomic E-state index is 0.167. The maximum atomic E-state index is 6.64. The van der Waals surface area contributed by atoms with Crippen LogP contribution in [0.1, 0.15) is 0 Å². The lowest BCUT2D eigenvalue weighted by atomic mass is 9.61. The van der Waals surface area contributed by atoms with Gasteiger partial charge < -0.3 is 0 Å². The number of nitrogens with zero attached hydrogens (tertiary/aromatic N) is 2. The molecule has 52 heavy (non-hydrogen) atoms. The van der Waals surface area contributed by atoms with Gasteiger partial charge >= 0.3 is 0 Å². The van der Waals surface area contributed by atoms with Gasteiger partial charge in [0.1, 0.15) is 45.1 Å². The van der Waals surface area contributed by atoms with E-state index in [-0.39, 0.29) is 27.3 Å². The molecule has 0 aliphatic carbocycles. The van der Waals surface area contributed by atoms with Gasteiger partial charge in [-0.05, 0) is 79.2 Å². The molecule has 230 valence electrons. The Labute approximate surface area is 309 Å². The summed E-state index contributed by atoms with van der Waals surface area (Å²) in [7, 11) is 32.2. The van der Waals surface area contributed by atoms with Gasteiger partial charge in [-0.2, -0.15) is 0 Å². The highest BCUT2D eigenvalue weighted by Gasteiger charge is 2.21. The maximum absolute atomic E-state index is 6.64. The lowest BCUT2D eigenvalue weighted by Gasteiger charge is -2.23. The summed E-state index contributed by atoms with van der Waals surface area (Å²) in [5.41, 5.74) is 10.9. The van der Waals surface area contributed by atoms with Crippen LogP contribution in [0.3, 0.4) is 0 Å². The zero-order chi connectivity index (χ0) is 35.5. The SMILES string of the molecule is [B]c1c([B])c([B])c(-n2c(-c3cccc(-c4c5ccccc5c(-c5cccc(-c6ccccc6)c5)c5ccccc45)c3)nc3ccccc32)c([B])c1[B]. The standard InChI is InChI=1S/C45H25B5N2/c46-39-40(47)42(49)44(43(50)41(39)48)52-36-23-9-8-22-35(36)51-45(52)30-17-11-16-29(25-30)38-33-20-6-4-18-31(33)37(32-19-5-7-21-34(32)38)28-15-10-14-27(24-28)26-12-2-1-3-13-26/h1-25H. The van der Waals surface area contributed by atoms with Crippen molar-refractivity contribution in [3.8, 4) is 50.5 Å². The summed E-state index contributed by atoms with van der Waals surface area (Å²) in [6.07, 6.45) is 0. The molecule has 0 unspecified atom stereocenters. The number of rotatable bonds is 5. The first kappa shape index (κ1) is 32.0. The summed E-state index contributed by atoms with van der Waals surface area (Å²) in [5, 5.41) is 4.65. The second kappa shape index (κ2) is 12.7. The van der Waals surface area contributed by atoms with Crippen molar-refractivity contribution < 1.29 is 0 Å². The molecule has 1 heterocycles. The zero-order valence-electron chi connectivity index (χ0n) is 28.2. The second-order valence-electron chi connectivity index (χ2n) is 13.0. The molecule has 0 bridgehead atoms. The summed E-state index contributed by atoms with van der Waals surface area (Å²) in [4.78, 5) is 5.11. The van der Waals surface area contributed by atoms with E-state index in [1.807, 2.05) is 41.0 Å². The van der Waals surface area contributed by atoms with E-state index in [0.717, 1.165) is 38.5 Å². The highest BCUT2D eigenvalue weighted by molar-refractivity contribution is 6.68. The summed E-state index contributed by atoms with van der Waals surface area (Å²) in [6.45, 7) is 0. The van der Waals surface area contributed by atoms with E-state index in [1.165, 1.54) is 33.0 Å². The third kappa shape index (κ3) is 5.06. The van der Waals surface area contributed by atoms with Crippen LogP contribution in [-0.2, 0) is 0 Å². The van der Waals surface area contributed by atoms with Crippen LogP contribution in [-0.4, -0.2) is 48.8 Å². The molecule has 0 fully saturated rings. The number of hydrogen-bond acceptors (Lipinski definition) is 1. The number of imidazole rings is 1. The summed E-state index contributed by atoms with van der Waals surface area (Å²) in [6, 6.07) is 52.9. The molecule has 0 amide bonds. The van der Waals surface area contributed by atoms with Gasteiger partial charge in [0, 0.05) is 11.3 Å². The van der Waals surface area contributed by atoms with Gasteiger partial charge in [0.15, 0.2) is 0 Å². The molecule has 1 aromatic heterocycles. The van der Waals surface area contributed by atoms with E-state index >= 15 is 0 Å². The maximum Gasteiger partial charge on any atom is 0.145 e. The summed E-state index contributed by atoms with van der Waals surface area (Å²) >= 11 is 0. The van der Waals surface area contributed by atoms with Crippen LogP contribution in [0.5, 0.6) is 0 Å². The molecule has 0 aliphatic rings. The van der Waals surface area contributed by atoms with Crippen LogP contribution < -0.4 is 27.3 Å². The van der Waals surface area contributed by atoms with Crippen LogP contribution in [0, 0.1) is 0 Å². The molecular weight excluding hydrogens is 623 g/mol. The van der Waals surface area contributed by atoms with Crippen molar-refractivity contribution in [3.05, 3.63) is 152 Å². The normalized spacial score (nSPS) is 11.5. The van der Waals surface area contributed by atoms with Gasteiger partial charge in [-0.1, -0.05) is 138 Å². The monoisotopic (exact) mass is 648 g/mol. The predicted molar refractivity (Wildman–Crippen MR) is 225 cm³/mol. The Morgan fingerprint density at radius 2 is 0.788 bits per heavy atom.